The number of carbonyl (C=O) groups is 1. The molecule has 1 amide bonds. The number of hydrogen-bond donors (Lipinski definition) is 1. The van der Waals surface area contributed by atoms with E-state index in [4.69, 9.17) is 4.11 Å². The van der Waals surface area contributed by atoms with Crippen LogP contribution in [0.15, 0.2) is 0 Å². The molecule has 0 saturated carbocycles. The van der Waals surface area contributed by atoms with Crippen LogP contribution in [0.25, 0.3) is 0 Å². The molecular formula is C6H12N2O. The Kier molecular flexibility index (Phi) is 1.12. The molecule has 0 aliphatic carbocycles. The van der Waals surface area contributed by atoms with E-state index >= 15 is 0 Å². The molecule has 9 heavy (non-hydrogen) atoms. The molecule has 1 aliphatic heterocycles. The summed E-state index contributed by atoms with van der Waals surface area (Å²) in [5.74, 6) is -0.732. The average molecular weight is 131 g/mol. The molecule has 1 fully saturated rings. The van der Waals surface area contributed by atoms with Gasteiger partial charge < -0.3 is 10.2 Å². The maximum Gasteiger partial charge on any atom is 0.219 e. The number of carbonyl (C=O) groups excluding carboxylic acids is 1. The minimum absolute atomic E-state index is 0.497. The Morgan fingerprint density at radius 2 is 2.33 bits per heavy atom. The van der Waals surface area contributed by atoms with Crippen LogP contribution in [-0.2, 0) is 4.79 Å². The number of nitrogens with one attached hydrogen (secondary N) is 1. The third-order valence-electron chi connectivity index (χ3n) is 1.40. The van der Waals surface area contributed by atoms with E-state index in [0.29, 0.717) is 26.2 Å². The van der Waals surface area contributed by atoms with Gasteiger partial charge >= 0.3 is 0 Å². The fourth-order valence-corrected chi connectivity index (χ4v) is 0.868. The standard InChI is InChI=1S/C6H12N2O/c1-6(9)8-4-2-7-3-5-8/h7H,2-5H2,1H3/i1D3. The predicted octanol–water partition coefficient (Wildman–Crippen LogP) is -0.562. The van der Waals surface area contributed by atoms with Crippen molar-refractivity contribution in [3.63, 3.8) is 0 Å². The molecule has 0 aromatic rings. The molecule has 1 heterocycles. The third kappa shape index (κ3) is 1.68. The van der Waals surface area contributed by atoms with Gasteiger partial charge in [-0.05, 0) is 0 Å². The Morgan fingerprint density at radius 3 is 2.89 bits per heavy atom. The first-order valence-electron chi connectivity index (χ1n) is 4.52. The Labute approximate surface area is 59.2 Å². The van der Waals surface area contributed by atoms with E-state index in [2.05, 4.69) is 5.32 Å². The zero-order valence-electron chi connectivity index (χ0n) is 8.18. The van der Waals surface area contributed by atoms with Crippen molar-refractivity contribution in [2.45, 2.75) is 6.85 Å². The van der Waals surface area contributed by atoms with Crippen molar-refractivity contribution in [2.24, 2.45) is 0 Å². The highest BCUT2D eigenvalue weighted by atomic mass is 16.2. The van der Waals surface area contributed by atoms with Crippen LogP contribution in [0.4, 0.5) is 0 Å². The Morgan fingerprint density at radius 1 is 1.67 bits per heavy atom. The highest BCUT2D eigenvalue weighted by Gasteiger charge is 2.10. The number of amides is 1. The predicted molar refractivity (Wildman–Crippen MR) is 35.1 cm³/mol. The van der Waals surface area contributed by atoms with Gasteiger partial charge in [-0.2, -0.15) is 0 Å². The summed E-state index contributed by atoms with van der Waals surface area (Å²) in [5, 5.41) is 3.04. The van der Waals surface area contributed by atoms with Gasteiger partial charge in [0.25, 0.3) is 0 Å². The molecule has 1 aliphatic rings. The quantitative estimate of drug-likeness (QED) is 0.478. The number of nitrogens with zero attached hydrogens (tertiary/aromatic N) is 1. The van der Waals surface area contributed by atoms with Crippen LogP contribution in [0.2, 0.25) is 0 Å². The lowest BCUT2D eigenvalue weighted by Gasteiger charge is -2.25. The Hall–Kier alpha value is -0.570. The molecule has 1 saturated heterocycles. The fraction of sp³-hybridized carbons (Fsp3) is 0.833. The largest absolute Gasteiger partial charge is 0.340 e. The van der Waals surface area contributed by atoms with E-state index in [1.54, 1.807) is 0 Å². The number of hydrogen-bond acceptors (Lipinski definition) is 2. The van der Waals surface area contributed by atoms with Crippen LogP contribution in [0.3, 0.4) is 0 Å². The molecule has 0 aromatic carbocycles. The monoisotopic (exact) mass is 131 g/mol. The third-order valence-corrected chi connectivity index (χ3v) is 1.40. The summed E-state index contributed by atoms with van der Waals surface area (Å²) in [6.45, 7) is -0.116. The van der Waals surface area contributed by atoms with E-state index in [0.717, 1.165) is 0 Å². The minimum Gasteiger partial charge on any atom is -0.340 e. The minimum atomic E-state index is -2.47. The molecule has 3 nitrogen and oxygen atoms in total. The number of rotatable bonds is 0. The highest BCUT2D eigenvalue weighted by molar-refractivity contribution is 5.73. The lowest BCUT2D eigenvalue weighted by Crippen LogP contribution is -2.45. The normalized spacial score (nSPS) is 26.2. The first kappa shape index (κ1) is 3.56. The van der Waals surface area contributed by atoms with Gasteiger partial charge in [-0.3, -0.25) is 4.79 Å². The zero-order valence-corrected chi connectivity index (χ0v) is 5.18. The molecule has 1 rings (SSSR count). The van der Waals surface area contributed by atoms with Gasteiger partial charge in [0.15, 0.2) is 0 Å². The lowest BCUT2D eigenvalue weighted by molar-refractivity contribution is -0.129. The molecule has 0 atom stereocenters. The highest BCUT2D eigenvalue weighted by Crippen LogP contribution is 1.90. The van der Waals surface area contributed by atoms with E-state index in [1.807, 2.05) is 0 Å². The van der Waals surface area contributed by atoms with E-state index in [9.17, 15) is 4.79 Å². The maximum atomic E-state index is 11.2. The lowest BCUT2D eigenvalue weighted by atomic mass is 10.4. The summed E-state index contributed by atoms with van der Waals surface area (Å²) in [7, 11) is 0. The van der Waals surface area contributed by atoms with Crippen LogP contribution in [0.1, 0.15) is 11.0 Å². The summed E-state index contributed by atoms with van der Waals surface area (Å²) >= 11 is 0. The van der Waals surface area contributed by atoms with Crippen molar-refractivity contribution in [3.8, 4) is 0 Å². The molecular weight excluding hydrogens is 116 g/mol. The van der Waals surface area contributed by atoms with Crippen molar-refractivity contribution in [3.05, 3.63) is 0 Å². The second-order valence-corrected chi connectivity index (χ2v) is 2.04. The van der Waals surface area contributed by atoms with Crippen molar-refractivity contribution in [1.82, 2.24) is 10.2 Å². The van der Waals surface area contributed by atoms with Crippen molar-refractivity contribution in [2.75, 3.05) is 26.2 Å². The molecule has 1 N–H and O–H groups in total. The Bertz CT molecular complexity index is 174. The van der Waals surface area contributed by atoms with Gasteiger partial charge in [0, 0.05) is 37.1 Å². The van der Waals surface area contributed by atoms with Crippen LogP contribution in [-0.4, -0.2) is 37.0 Å². The summed E-state index contributed by atoms with van der Waals surface area (Å²) in [6, 6.07) is 0. The van der Waals surface area contributed by atoms with Crippen molar-refractivity contribution in [1.29, 1.82) is 0 Å². The first-order chi connectivity index (χ1) is 5.52. The van der Waals surface area contributed by atoms with Crippen molar-refractivity contribution >= 4 is 5.91 Å². The molecule has 0 unspecified atom stereocenters. The maximum absolute atomic E-state index is 11.2. The molecule has 0 radical (unpaired) electrons. The number of piperazine rings is 1. The topological polar surface area (TPSA) is 32.3 Å². The molecule has 52 valence electrons. The van der Waals surface area contributed by atoms with Gasteiger partial charge in [-0.15, -0.1) is 0 Å². The van der Waals surface area contributed by atoms with Gasteiger partial charge in [0.05, 0.1) is 0 Å². The van der Waals surface area contributed by atoms with E-state index in [-0.39, 0.29) is 0 Å². The van der Waals surface area contributed by atoms with Crippen LogP contribution < -0.4 is 5.32 Å². The smallest absolute Gasteiger partial charge is 0.219 e. The average Bonchev–Trinajstić information content (AvgIpc) is 2.03. The summed E-state index contributed by atoms with van der Waals surface area (Å²) in [4.78, 5) is 12.5. The van der Waals surface area contributed by atoms with Gasteiger partial charge in [-0.1, -0.05) is 0 Å². The molecule has 0 aromatic heterocycles. The summed E-state index contributed by atoms with van der Waals surface area (Å²) < 4.78 is 20.7. The van der Waals surface area contributed by atoms with E-state index in [1.165, 1.54) is 4.90 Å². The van der Waals surface area contributed by atoms with Crippen LogP contribution in [0, 0.1) is 0 Å². The second kappa shape index (κ2) is 2.82. The molecule has 3 heteroatoms. The van der Waals surface area contributed by atoms with Crippen molar-refractivity contribution < 1.29 is 8.91 Å². The molecule has 0 spiro atoms. The summed E-state index contributed by atoms with van der Waals surface area (Å²) in [6.07, 6.45) is 0. The van der Waals surface area contributed by atoms with E-state index < -0.39 is 12.8 Å². The van der Waals surface area contributed by atoms with Crippen LogP contribution >= 0.6 is 0 Å². The molecule has 0 bridgehead atoms. The van der Waals surface area contributed by atoms with Gasteiger partial charge in [0.1, 0.15) is 0 Å². The zero-order chi connectivity index (χ0) is 9.19. The van der Waals surface area contributed by atoms with Gasteiger partial charge in [0.2, 0.25) is 5.91 Å². The first-order valence-corrected chi connectivity index (χ1v) is 3.02. The second-order valence-electron chi connectivity index (χ2n) is 2.04. The Balaban J connectivity index is 2.51. The van der Waals surface area contributed by atoms with Gasteiger partial charge in [-0.25, -0.2) is 0 Å². The van der Waals surface area contributed by atoms with Crippen LogP contribution in [0.5, 0.6) is 0 Å². The fourth-order valence-electron chi connectivity index (χ4n) is 0.868. The SMILES string of the molecule is [2H]C([2H])([2H])C(=O)N1CCNCC1. The summed E-state index contributed by atoms with van der Waals surface area (Å²) in [5.41, 5.74) is 0.